The number of amides is 1. The summed E-state index contributed by atoms with van der Waals surface area (Å²) in [6.07, 6.45) is 6.70. The molecule has 9 heteroatoms. The van der Waals surface area contributed by atoms with E-state index < -0.39 is 15.9 Å². The van der Waals surface area contributed by atoms with E-state index in [-0.39, 0.29) is 18.0 Å². The molecule has 2 aromatic heterocycles. The first-order valence-corrected chi connectivity index (χ1v) is 8.73. The van der Waals surface area contributed by atoms with Crippen LogP contribution in [0.15, 0.2) is 24.7 Å². The fourth-order valence-corrected chi connectivity index (χ4v) is 3.85. The normalized spacial score (nSPS) is 16.2. The van der Waals surface area contributed by atoms with Crippen molar-refractivity contribution in [2.45, 2.75) is 12.8 Å². The summed E-state index contributed by atoms with van der Waals surface area (Å²) in [6, 6.07) is 1.74. The molecule has 0 aliphatic carbocycles. The lowest BCUT2D eigenvalue weighted by Gasteiger charge is -2.15. The van der Waals surface area contributed by atoms with Gasteiger partial charge in [-0.3, -0.25) is 9.20 Å². The van der Waals surface area contributed by atoms with Crippen molar-refractivity contribution in [3.8, 4) is 0 Å². The number of nitrogens with zero attached hydrogens (tertiary/aromatic N) is 4. The Bertz CT molecular complexity index is 747. The summed E-state index contributed by atoms with van der Waals surface area (Å²) in [4.78, 5) is 20.1. The monoisotopic (exact) mass is 323 g/mol. The Morgan fingerprint density at radius 3 is 2.82 bits per heavy atom. The van der Waals surface area contributed by atoms with Gasteiger partial charge in [-0.2, -0.15) is 0 Å². The van der Waals surface area contributed by atoms with E-state index in [2.05, 4.69) is 15.3 Å². The number of imidazole rings is 1. The van der Waals surface area contributed by atoms with Crippen molar-refractivity contribution in [3.63, 3.8) is 0 Å². The molecule has 3 heterocycles. The number of carbonyl (C=O) groups excluding carboxylic acids is 1. The molecule has 0 atom stereocenters. The molecule has 1 aliphatic rings. The van der Waals surface area contributed by atoms with Crippen molar-refractivity contribution in [2.24, 2.45) is 0 Å². The molecule has 22 heavy (non-hydrogen) atoms. The highest BCUT2D eigenvalue weighted by atomic mass is 32.2. The molecule has 0 unspecified atom stereocenters. The Kier molecular flexibility index (Phi) is 4.08. The van der Waals surface area contributed by atoms with Crippen molar-refractivity contribution in [1.29, 1.82) is 0 Å². The number of nitrogens with one attached hydrogen (secondary N) is 1. The van der Waals surface area contributed by atoms with Gasteiger partial charge >= 0.3 is 0 Å². The van der Waals surface area contributed by atoms with E-state index in [1.165, 1.54) is 4.31 Å². The van der Waals surface area contributed by atoms with E-state index in [1.807, 2.05) is 0 Å². The average molecular weight is 323 g/mol. The smallest absolute Gasteiger partial charge is 0.271 e. The fourth-order valence-electron chi connectivity index (χ4n) is 2.42. The van der Waals surface area contributed by atoms with Crippen LogP contribution in [0.4, 0.5) is 0 Å². The Balaban J connectivity index is 1.58. The number of fused-ring (bicyclic) bond motifs is 1. The average Bonchev–Trinajstić information content (AvgIpc) is 3.16. The van der Waals surface area contributed by atoms with E-state index in [0.29, 0.717) is 18.9 Å². The molecule has 8 nitrogen and oxygen atoms in total. The first kappa shape index (κ1) is 14.9. The van der Waals surface area contributed by atoms with Gasteiger partial charge in [0.2, 0.25) is 15.8 Å². The van der Waals surface area contributed by atoms with Crippen LogP contribution < -0.4 is 5.32 Å². The Hall–Kier alpha value is -2.00. The molecule has 118 valence electrons. The standard InChI is InChI=1S/C13H17N5O3S/c19-12(11-10-17-6-3-4-15-13(17)16-11)14-5-9-22(20,21)18-7-1-2-8-18/h3-4,6,10H,1-2,5,7-9H2,(H,14,19). The van der Waals surface area contributed by atoms with Crippen LogP contribution in [0.5, 0.6) is 0 Å². The third kappa shape index (κ3) is 3.09. The third-order valence-electron chi connectivity index (χ3n) is 3.57. The molecule has 1 N–H and O–H groups in total. The van der Waals surface area contributed by atoms with E-state index in [0.717, 1.165) is 12.8 Å². The fraction of sp³-hybridized carbons (Fsp3) is 0.462. The predicted molar refractivity (Wildman–Crippen MR) is 79.9 cm³/mol. The minimum Gasteiger partial charge on any atom is -0.350 e. The molecule has 1 aliphatic heterocycles. The van der Waals surface area contributed by atoms with Crippen LogP contribution in [0.3, 0.4) is 0 Å². The van der Waals surface area contributed by atoms with Crippen molar-refractivity contribution in [3.05, 3.63) is 30.4 Å². The molecule has 0 radical (unpaired) electrons. The molecule has 3 rings (SSSR count). The number of rotatable bonds is 5. The molecule has 1 amide bonds. The van der Waals surface area contributed by atoms with Crippen LogP contribution in [0.2, 0.25) is 0 Å². The number of aromatic nitrogens is 3. The summed E-state index contributed by atoms with van der Waals surface area (Å²) >= 11 is 0. The van der Waals surface area contributed by atoms with Gasteiger partial charge in [-0.1, -0.05) is 0 Å². The second-order valence-electron chi connectivity index (χ2n) is 5.13. The van der Waals surface area contributed by atoms with E-state index in [9.17, 15) is 13.2 Å². The molecule has 1 saturated heterocycles. The van der Waals surface area contributed by atoms with Gasteiger partial charge in [0.1, 0.15) is 5.69 Å². The van der Waals surface area contributed by atoms with Gasteiger partial charge in [0.15, 0.2) is 0 Å². The lowest BCUT2D eigenvalue weighted by atomic mass is 10.4. The number of sulfonamides is 1. The minimum atomic E-state index is -3.28. The third-order valence-corrected chi connectivity index (χ3v) is 5.44. The van der Waals surface area contributed by atoms with Crippen LogP contribution in [0.25, 0.3) is 5.78 Å². The second kappa shape index (κ2) is 6.01. The van der Waals surface area contributed by atoms with Crippen LogP contribution in [0, 0.1) is 0 Å². The molecular formula is C13H17N5O3S. The number of hydrogen-bond acceptors (Lipinski definition) is 5. The van der Waals surface area contributed by atoms with E-state index in [1.54, 1.807) is 29.1 Å². The van der Waals surface area contributed by atoms with Crippen molar-refractivity contribution >= 4 is 21.7 Å². The number of hydrogen-bond donors (Lipinski definition) is 1. The quantitative estimate of drug-likeness (QED) is 0.828. The Labute approximate surface area is 128 Å². The molecule has 0 saturated carbocycles. The van der Waals surface area contributed by atoms with E-state index >= 15 is 0 Å². The minimum absolute atomic E-state index is 0.0684. The summed E-state index contributed by atoms with van der Waals surface area (Å²) < 4.78 is 27.2. The zero-order chi connectivity index (χ0) is 15.6. The lowest BCUT2D eigenvalue weighted by molar-refractivity contribution is 0.0951. The molecule has 1 fully saturated rings. The van der Waals surface area contributed by atoms with Gasteiger partial charge in [0, 0.05) is 38.2 Å². The highest BCUT2D eigenvalue weighted by molar-refractivity contribution is 7.89. The first-order valence-electron chi connectivity index (χ1n) is 7.12. The summed E-state index contributed by atoms with van der Waals surface area (Å²) in [5.41, 5.74) is 0.220. The van der Waals surface area contributed by atoms with Crippen LogP contribution >= 0.6 is 0 Å². The van der Waals surface area contributed by atoms with Crippen LogP contribution in [-0.4, -0.2) is 58.4 Å². The topological polar surface area (TPSA) is 96.7 Å². The Morgan fingerprint density at radius 1 is 1.32 bits per heavy atom. The van der Waals surface area contributed by atoms with Gasteiger partial charge < -0.3 is 5.32 Å². The highest BCUT2D eigenvalue weighted by Crippen LogP contribution is 2.12. The zero-order valence-electron chi connectivity index (χ0n) is 12.0. The summed E-state index contributed by atoms with van der Waals surface area (Å²) in [7, 11) is -3.28. The largest absolute Gasteiger partial charge is 0.350 e. The molecular weight excluding hydrogens is 306 g/mol. The van der Waals surface area contributed by atoms with Crippen molar-refractivity contribution in [1.82, 2.24) is 24.0 Å². The SMILES string of the molecule is O=C(NCCS(=O)(=O)N1CCCC1)c1cn2cccnc2n1. The van der Waals surface area contributed by atoms with E-state index in [4.69, 9.17) is 0 Å². The van der Waals surface area contributed by atoms with Gasteiger partial charge in [0.05, 0.1) is 5.75 Å². The lowest BCUT2D eigenvalue weighted by Crippen LogP contribution is -2.36. The molecule has 0 bridgehead atoms. The second-order valence-corrected chi connectivity index (χ2v) is 7.22. The molecule has 2 aromatic rings. The maximum atomic E-state index is 12.0. The van der Waals surface area contributed by atoms with Crippen LogP contribution in [0.1, 0.15) is 23.3 Å². The van der Waals surface area contributed by atoms with Crippen LogP contribution in [-0.2, 0) is 10.0 Å². The van der Waals surface area contributed by atoms with Gasteiger partial charge in [0.25, 0.3) is 5.91 Å². The van der Waals surface area contributed by atoms with Crippen molar-refractivity contribution in [2.75, 3.05) is 25.4 Å². The maximum Gasteiger partial charge on any atom is 0.271 e. The van der Waals surface area contributed by atoms with Gasteiger partial charge in [-0.15, -0.1) is 0 Å². The summed E-state index contributed by atoms with van der Waals surface area (Å²) in [6.45, 7) is 1.22. The Morgan fingerprint density at radius 2 is 2.09 bits per heavy atom. The first-order chi connectivity index (χ1) is 10.6. The summed E-state index contributed by atoms with van der Waals surface area (Å²) in [5.74, 6) is -0.0656. The molecule has 0 spiro atoms. The zero-order valence-corrected chi connectivity index (χ0v) is 12.8. The molecule has 0 aromatic carbocycles. The maximum absolute atomic E-state index is 12.0. The predicted octanol–water partition coefficient (Wildman–Crippen LogP) is -0.115. The van der Waals surface area contributed by atoms with Crippen molar-refractivity contribution < 1.29 is 13.2 Å². The number of carbonyl (C=O) groups is 1. The highest BCUT2D eigenvalue weighted by Gasteiger charge is 2.25. The van der Waals surface area contributed by atoms with Gasteiger partial charge in [-0.25, -0.2) is 22.7 Å². The van der Waals surface area contributed by atoms with Gasteiger partial charge in [-0.05, 0) is 18.9 Å². The summed E-state index contributed by atoms with van der Waals surface area (Å²) in [5, 5.41) is 2.59.